The van der Waals surface area contributed by atoms with E-state index in [9.17, 15) is 14.9 Å². The van der Waals surface area contributed by atoms with Crippen molar-refractivity contribution in [2.75, 3.05) is 31.2 Å². The molecule has 0 atom stereocenters. The van der Waals surface area contributed by atoms with E-state index in [1.54, 1.807) is 52.2 Å². The third-order valence-corrected chi connectivity index (χ3v) is 8.40. The molecule has 0 N–H and O–H groups in total. The highest BCUT2D eigenvalue weighted by molar-refractivity contribution is 8.19. The van der Waals surface area contributed by atoms with Crippen LogP contribution in [0.2, 0.25) is 0 Å². The fourth-order valence-electron chi connectivity index (χ4n) is 3.74. The molecule has 2 fully saturated rings. The van der Waals surface area contributed by atoms with Crippen molar-refractivity contribution in [1.82, 2.24) is 25.1 Å². The van der Waals surface area contributed by atoms with Crippen LogP contribution in [-0.4, -0.2) is 67.3 Å². The Morgan fingerprint density at radius 3 is 2.72 bits per heavy atom. The minimum absolute atomic E-state index is 0.0543. The van der Waals surface area contributed by atoms with Crippen LogP contribution in [0, 0.1) is 10.1 Å². The first-order valence-electron chi connectivity index (χ1n) is 10.4. The summed E-state index contributed by atoms with van der Waals surface area (Å²) in [5.74, 6) is 3.19. The molecule has 4 rings (SSSR count). The van der Waals surface area contributed by atoms with Crippen molar-refractivity contribution in [2.45, 2.75) is 37.0 Å². The van der Waals surface area contributed by atoms with Gasteiger partial charge in [0.15, 0.2) is 5.82 Å². The summed E-state index contributed by atoms with van der Waals surface area (Å²) in [7, 11) is 0. The van der Waals surface area contributed by atoms with Gasteiger partial charge in [-0.1, -0.05) is 0 Å². The summed E-state index contributed by atoms with van der Waals surface area (Å²) in [6.07, 6.45) is 1.14. The molecule has 13 heteroatoms. The highest BCUT2D eigenvalue weighted by atomic mass is 32.2. The van der Waals surface area contributed by atoms with Crippen LogP contribution in [0.3, 0.4) is 0 Å². The Balaban J connectivity index is 1.43. The lowest BCUT2D eigenvalue weighted by Crippen LogP contribution is -2.39. The Hall–Kier alpha value is -2.54. The highest BCUT2D eigenvalue weighted by Crippen LogP contribution is 2.49. The molecule has 0 aliphatic carbocycles. The number of tetrazole rings is 1. The molecule has 1 aromatic carbocycles. The van der Waals surface area contributed by atoms with Gasteiger partial charge in [-0.05, 0) is 36.3 Å². The summed E-state index contributed by atoms with van der Waals surface area (Å²) in [5.41, 5.74) is 0.868. The number of non-ortho nitro benzene ring substituents is 1. The Labute approximate surface area is 193 Å². The molecule has 2 saturated heterocycles. The van der Waals surface area contributed by atoms with Crippen LogP contribution < -0.4 is 4.74 Å². The predicted molar refractivity (Wildman–Crippen MR) is 120 cm³/mol. The number of thioether (sulfide) groups is 2. The van der Waals surface area contributed by atoms with Gasteiger partial charge in [-0.25, -0.2) is 9.48 Å². The van der Waals surface area contributed by atoms with Crippen molar-refractivity contribution in [2.24, 2.45) is 0 Å². The van der Waals surface area contributed by atoms with Crippen LogP contribution in [-0.2, 0) is 11.3 Å². The molecular weight excluding hydrogens is 456 g/mol. The predicted octanol–water partition coefficient (Wildman–Crippen LogP) is 3.43. The number of carbonyl (C=O) groups is 1. The van der Waals surface area contributed by atoms with E-state index in [1.165, 1.54) is 6.07 Å². The Morgan fingerprint density at radius 1 is 1.28 bits per heavy atom. The maximum Gasteiger partial charge on any atom is 0.409 e. The summed E-state index contributed by atoms with van der Waals surface area (Å²) in [5, 5.41) is 23.3. The van der Waals surface area contributed by atoms with E-state index in [1.807, 2.05) is 0 Å². The van der Waals surface area contributed by atoms with Crippen molar-refractivity contribution < 1.29 is 19.2 Å². The van der Waals surface area contributed by atoms with Crippen LogP contribution in [0.5, 0.6) is 5.75 Å². The maximum absolute atomic E-state index is 11.9. The lowest BCUT2D eigenvalue weighted by atomic mass is 10.1. The van der Waals surface area contributed by atoms with Crippen LogP contribution in [0.25, 0.3) is 0 Å². The van der Waals surface area contributed by atoms with Crippen molar-refractivity contribution in [3.8, 4) is 5.75 Å². The molecule has 2 aromatic rings. The third-order valence-electron chi connectivity index (χ3n) is 5.33. The summed E-state index contributed by atoms with van der Waals surface area (Å²) < 4.78 is 13.0. The smallest absolute Gasteiger partial charge is 0.409 e. The van der Waals surface area contributed by atoms with E-state index in [4.69, 9.17) is 9.47 Å². The molecule has 3 heterocycles. The molecule has 1 amide bonds. The Morgan fingerprint density at radius 2 is 2.03 bits per heavy atom. The van der Waals surface area contributed by atoms with Crippen LogP contribution >= 0.6 is 23.5 Å². The Kier molecular flexibility index (Phi) is 7.35. The van der Waals surface area contributed by atoms with E-state index >= 15 is 0 Å². The van der Waals surface area contributed by atoms with Gasteiger partial charge in [-0.3, -0.25) is 10.1 Å². The summed E-state index contributed by atoms with van der Waals surface area (Å²) >= 11 is 3.52. The number of hydrogen-bond acceptors (Lipinski definition) is 10. The molecule has 0 saturated carbocycles. The fourth-order valence-corrected chi connectivity index (χ4v) is 6.63. The summed E-state index contributed by atoms with van der Waals surface area (Å²) in [6.45, 7) is 3.45. The highest BCUT2D eigenvalue weighted by Gasteiger charge is 2.28. The van der Waals surface area contributed by atoms with E-state index in [0.717, 1.165) is 29.9 Å². The minimum atomic E-state index is -0.388. The minimum Gasteiger partial charge on any atom is -0.485 e. The average molecular weight is 481 g/mol. The number of amides is 1. The lowest BCUT2D eigenvalue weighted by Gasteiger charge is -2.31. The number of piperidine rings is 1. The quantitative estimate of drug-likeness (QED) is 0.430. The third kappa shape index (κ3) is 5.09. The largest absolute Gasteiger partial charge is 0.485 e. The molecule has 172 valence electrons. The first-order valence-corrected chi connectivity index (χ1v) is 12.5. The molecule has 11 nitrogen and oxygen atoms in total. The monoisotopic (exact) mass is 480 g/mol. The van der Waals surface area contributed by atoms with Gasteiger partial charge in [0.05, 0.1) is 22.2 Å². The number of nitro groups is 1. The zero-order valence-electron chi connectivity index (χ0n) is 17.6. The number of rotatable bonds is 7. The first kappa shape index (κ1) is 22.6. The van der Waals surface area contributed by atoms with Gasteiger partial charge < -0.3 is 14.4 Å². The number of nitro benzene ring substituents is 1. The van der Waals surface area contributed by atoms with Gasteiger partial charge in [-0.2, -0.15) is 0 Å². The van der Waals surface area contributed by atoms with Gasteiger partial charge >= 0.3 is 6.09 Å². The zero-order valence-corrected chi connectivity index (χ0v) is 19.2. The number of nitrogens with zero attached hydrogens (tertiary/aromatic N) is 6. The van der Waals surface area contributed by atoms with E-state index in [0.29, 0.717) is 31.3 Å². The van der Waals surface area contributed by atoms with Gasteiger partial charge in [0.2, 0.25) is 0 Å². The normalized spacial score (nSPS) is 17.5. The van der Waals surface area contributed by atoms with Crippen molar-refractivity contribution in [3.05, 3.63) is 39.7 Å². The first-order chi connectivity index (χ1) is 15.6. The molecule has 2 aliphatic rings. The van der Waals surface area contributed by atoms with Gasteiger partial charge in [0.25, 0.3) is 5.69 Å². The van der Waals surface area contributed by atoms with Crippen molar-refractivity contribution in [3.63, 3.8) is 0 Å². The van der Waals surface area contributed by atoms with Crippen LogP contribution in [0.1, 0.15) is 41.8 Å². The molecule has 0 unspecified atom stereocenters. The fraction of sp³-hybridized carbons (Fsp3) is 0.579. The summed E-state index contributed by atoms with van der Waals surface area (Å²) in [4.78, 5) is 24.5. The standard InChI is InChI=1S/C19H24N6O5S2/c1-2-29-19(26)23-7-5-13(6-8-23)24-17(20-21-22-24)12-30-16-4-3-14(25(27)28)11-15(16)18-31-9-10-32-18/h3-4,11,13,18H,2,5-10,12H2,1H3. The van der Waals surface area contributed by atoms with Gasteiger partial charge in [0.1, 0.15) is 12.4 Å². The van der Waals surface area contributed by atoms with Crippen molar-refractivity contribution >= 4 is 35.3 Å². The molecular formula is C19H24N6O5S2. The number of ether oxygens (including phenoxy) is 2. The zero-order chi connectivity index (χ0) is 22.5. The Bertz CT molecular complexity index is 959. The molecule has 32 heavy (non-hydrogen) atoms. The number of likely N-dealkylation sites (tertiary alicyclic amines) is 1. The van der Waals surface area contributed by atoms with Crippen LogP contribution in [0.4, 0.5) is 10.5 Å². The number of carbonyl (C=O) groups excluding carboxylic acids is 1. The lowest BCUT2D eigenvalue weighted by molar-refractivity contribution is -0.384. The van der Waals surface area contributed by atoms with Gasteiger partial charge in [0, 0.05) is 42.3 Å². The second kappa shape index (κ2) is 10.4. The summed E-state index contributed by atoms with van der Waals surface area (Å²) in [6, 6.07) is 4.77. The molecule has 1 aromatic heterocycles. The van der Waals surface area contributed by atoms with Crippen LogP contribution in [0.15, 0.2) is 18.2 Å². The maximum atomic E-state index is 11.9. The molecule has 0 spiro atoms. The number of benzene rings is 1. The molecule has 0 radical (unpaired) electrons. The van der Waals surface area contributed by atoms with E-state index < -0.39 is 0 Å². The van der Waals surface area contributed by atoms with E-state index in [2.05, 4.69) is 15.5 Å². The van der Waals surface area contributed by atoms with E-state index in [-0.39, 0.29) is 33.9 Å². The SMILES string of the molecule is CCOC(=O)N1CCC(n2nnnc2COc2ccc([N+](=O)[O-])cc2C2SCCS2)CC1. The number of hydrogen-bond donors (Lipinski definition) is 0. The second-order valence-electron chi connectivity index (χ2n) is 7.30. The average Bonchev–Trinajstić information content (AvgIpc) is 3.50. The molecule has 0 bridgehead atoms. The topological polar surface area (TPSA) is 126 Å². The van der Waals surface area contributed by atoms with Crippen molar-refractivity contribution in [1.29, 1.82) is 0 Å². The second-order valence-corrected chi connectivity index (χ2v) is 10.0. The molecule has 2 aliphatic heterocycles. The number of aromatic nitrogens is 4. The van der Waals surface area contributed by atoms with Gasteiger partial charge in [-0.15, -0.1) is 28.6 Å².